The highest BCUT2D eigenvalue weighted by Gasteiger charge is 2.34. The molecule has 1 fully saturated rings. The molecule has 0 bridgehead atoms. The maximum atomic E-state index is 12.3. The Labute approximate surface area is 140 Å². The summed E-state index contributed by atoms with van der Waals surface area (Å²) in [7, 11) is 0. The molecule has 0 aromatic heterocycles. The maximum Gasteiger partial charge on any atom is 0.251 e. The van der Waals surface area contributed by atoms with Gasteiger partial charge in [-0.1, -0.05) is 38.8 Å². The Morgan fingerprint density at radius 3 is 2.32 bits per heavy atom. The van der Waals surface area contributed by atoms with Crippen LogP contribution in [0.1, 0.15) is 61.9 Å². The number of amides is 1. The summed E-state index contributed by atoms with van der Waals surface area (Å²) in [6.07, 6.45) is 6.30. The molecule has 4 heteroatoms. The highest BCUT2D eigenvalue weighted by molar-refractivity contribution is 5.94. The molecular weight excluding hydrogens is 296 g/mol. The Morgan fingerprint density at radius 2 is 1.82 bits per heavy atom. The zero-order valence-electron chi connectivity index (χ0n) is 13.7. The Bertz CT molecular complexity index is 464. The summed E-state index contributed by atoms with van der Waals surface area (Å²) in [6, 6.07) is 7.57. The molecule has 1 aliphatic carbocycles. The number of nitrogens with two attached hydrogens (primary N) is 1. The lowest BCUT2D eigenvalue weighted by Gasteiger charge is -2.31. The number of benzene rings is 1. The smallest absolute Gasteiger partial charge is 0.251 e. The number of hydrogen-bond donors (Lipinski definition) is 2. The van der Waals surface area contributed by atoms with Gasteiger partial charge >= 0.3 is 0 Å². The average Bonchev–Trinajstić information content (AvgIpc) is 2.93. The Morgan fingerprint density at radius 1 is 1.23 bits per heavy atom. The normalized spacial score (nSPS) is 16.4. The fourth-order valence-corrected chi connectivity index (χ4v) is 3.61. The molecule has 22 heavy (non-hydrogen) atoms. The lowest BCUT2D eigenvalue weighted by Crippen LogP contribution is -2.36. The van der Waals surface area contributed by atoms with Crippen LogP contribution < -0.4 is 11.1 Å². The number of nitrogens with one attached hydrogen (secondary N) is 1. The van der Waals surface area contributed by atoms with Gasteiger partial charge in [-0.15, -0.1) is 12.4 Å². The van der Waals surface area contributed by atoms with Gasteiger partial charge in [0.2, 0.25) is 0 Å². The maximum absolute atomic E-state index is 12.3. The summed E-state index contributed by atoms with van der Waals surface area (Å²) in [5.74, 6) is 0.720. The Kier molecular flexibility index (Phi) is 7.37. The third kappa shape index (κ3) is 4.99. The zero-order valence-corrected chi connectivity index (χ0v) is 14.5. The van der Waals surface area contributed by atoms with Crippen molar-refractivity contribution in [1.82, 2.24) is 5.32 Å². The van der Waals surface area contributed by atoms with Crippen molar-refractivity contribution >= 4 is 18.3 Å². The highest BCUT2D eigenvalue weighted by atomic mass is 35.5. The molecule has 1 aliphatic rings. The fourth-order valence-electron chi connectivity index (χ4n) is 3.61. The van der Waals surface area contributed by atoms with Crippen molar-refractivity contribution in [2.45, 2.75) is 52.5 Å². The van der Waals surface area contributed by atoms with Gasteiger partial charge in [0, 0.05) is 18.7 Å². The summed E-state index contributed by atoms with van der Waals surface area (Å²) in [4.78, 5) is 12.3. The summed E-state index contributed by atoms with van der Waals surface area (Å²) in [5, 5.41) is 3.15. The quantitative estimate of drug-likeness (QED) is 0.833. The monoisotopic (exact) mass is 324 g/mol. The molecule has 0 saturated heterocycles. The van der Waals surface area contributed by atoms with Gasteiger partial charge in [-0.05, 0) is 48.3 Å². The van der Waals surface area contributed by atoms with Crippen molar-refractivity contribution < 1.29 is 4.79 Å². The molecule has 1 amide bonds. The molecule has 0 spiro atoms. The van der Waals surface area contributed by atoms with E-state index in [1.54, 1.807) is 0 Å². The van der Waals surface area contributed by atoms with Gasteiger partial charge in [0.15, 0.2) is 0 Å². The van der Waals surface area contributed by atoms with Crippen molar-refractivity contribution in [2.24, 2.45) is 17.1 Å². The summed E-state index contributed by atoms with van der Waals surface area (Å²) >= 11 is 0. The standard InChI is InChI=1S/C18H28N2O.ClH/c1-14(2)11-18(9-3-4-10-18)13-20-17(21)16-7-5-15(12-19)6-8-16;/h5-8,14H,3-4,9-13,19H2,1-2H3,(H,20,21);1H. The minimum atomic E-state index is 0. The second-order valence-electron chi connectivity index (χ2n) is 6.89. The van der Waals surface area contributed by atoms with Gasteiger partial charge in [-0.2, -0.15) is 0 Å². The first kappa shape index (κ1) is 19.0. The predicted molar refractivity (Wildman–Crippen MR) is 94.3 cm³/mol. The first-order valence-corrected chi connectivity index (χ1v) is 8.12. The third-order valence-electron chi connectivity index (χ3n) is 4.58. The largest absolute Gasteiger partial charge is 0.351 e. The Hall–Kier alpha value is -1.06. The van der Waals surface area contributed by atoms with Gasteiger partial charge in [0.05, 0.1) is 0 Å². The van der Waals surface area contributed by atoms with Crippen LogP contribution in [0.3, 0.4) is 0 Å². The molecule has 0 heterocycles. The van der Waals surface area contributed by atoms with Gasteiger partial charge in [0.1, 0.15) is 0 Å². The van der Waals surface area contributed by atoms with Crippen molar-refractivity contribution in [3.05, 3.63) is 35.4 Å². The van der Waals surface area contributed by atoms with Gasteiger partial charge in [-0.3, -0.25) is 4.79 Å². The molecule has 3 nitrogen and oxygen atoms in total. The molecule has 1 aromatic carbocycles. The van der Waals surface area contributed by atoms with Crippen LogP contribution in [0.2, 0.25) is 0 Å². The van der Waals surface area contributed by atoms with E-state index in [4.69, 9.17) is 5.73 Å². The molecule has 124 valence electrons. The lowest BCUT2D eigenvalue weighted by molar-refractivity contribution is 0.0922. The van der Waals surface area contributed by atoms with Crippen LogP contribution in [0.5, 0.6) is 0 Å². The van der Waals surface area contributed by atoms with Crippen molar-refractivity contribution in [3.63, 3.8) is 0 Å². The fraction of sp³-hybridized carbons (Fsp3) is 0.611. The average molecular weight is 325 g/mol. The van der Waals surface area contributed by atoms with E-state index in [2.05, 4.69) is 19.2 Å². The SMILES string of the molecule is CC(C)CC1(CNC(=O)c2ccc(CN)cc2)CCCC1.Cl. The molecule has 1 aromatic rings. The number of carbonyl (C=O) groups is 1. The molecular formula is C18H29ClN2O. The first-order chi connectivity index (χ1) is 10.0. The number of halogens is 1. The lowest BCUT2D eigenvalue weighted by atomic mass is 9.78. The van der Waals surface area contributed by atoms with Crippen LogP contribution in [-0.2, 0) is 6.54 Å². The van der Waals surface area contributed by atoms with E-state index in [-0.39, 0.29) is 18.3 Å². The van der Waals surface area contributed by atoms with Crippen molar-refractivity contribution in [1.29, 1.82) is 0 Å². The van der Waals surface area contributed by atoms with Crippen LogP contribution in [0, 0.1) is 11.3 Å². The molecule has 0 aliphatic heterocycles. The van der Waals surface area contributed by atoms with Gasteiger partial charge in [0.25, 0.3) is 5.91 Å². The molecule has 0 unspecified atom stereocenters. The second-order valence-corrected chi connectivity index (χ2v) is 6.89. The second kappa shape index (κ2) is 8.54. The van der Waals surface area contributed by atoms with Crippen LogP contribution in [-0.4, -0.2) is 12.5 Å². The van der Waals surface area contributed by atoms with Crippen molar-refractivity contribution in [2.75, 3.05) is 6.54 Å². The van der Waals surface area contributed by atoms with Crippen LogP contribution in [0.25, 0.3) is 0 Å². The van der Waals surface area contributed by atoms with Gasteiger partial charge < -0.3 is 11.1 Å². The zero-order chi connectivity index (χ0) is 15.3. The first-order valence-electron chi connectivity index (χ1n) is 8.12. The van der Waals surface area contributed by atoms with E-state index in [9.17, 15) is 4.79 Å². The molecule has 0 radical (unpaired) electrons. The minimum absolute atomic E-state index is 0. The topological polar surface area (TPSA) is 55.1 Å². The van der Waals surface area contributed by atoms with Crippen LogP contribution >= 0.6 is 12.4 Å². The molecule has 3 N–H and O–H groups in total. The predicted octanol–water partition coefficient (Wildman–Crippen LogP) is 3.90. The van der Waals surface area contributed by atoms with Gasteiger partial charge in [-0.25, -0.2) is 0 Å². The third-order valence-corrected chi connectivity index (χ3v) is 4.58. The number of carbonyl (C=O) groups excluding carboxylic acids is 1. The van der Waals surface area contributed by atoms with E-state index in [0.29, 0.717) is 17.9 Å². The van der Waals surface area contributed by atoms with E-state index in [1.807, 2.05) is 24.3 Å². The van der Waals surface area contributed by atoms with Crippen LogP contribution in [0.15, 0.2) is 24.3 Å². The number of hydrogen-bond acceptors (Lipinski definition) is 2. The van der Waals surface area contributed by atoms with E-state index >= 15 is 0 Å². The van der Waals surface area contributed by atoms with E-state index in [0.717, 1.165) is 17.7 Å². The molecule has 2 rings (SSSR count). The minimum Gasteiger partial charge on any atom is -0.351 e. The highest BCUT2D eigenvalue weighted by Crippen LogP contribution is 2.42. The summed E-state index contributed by atoms with van der Waals surface area (Å²) in [5.41, 5.74) is 7.68. The van der Waals surface area contributed by atoms with Crippen molar-refractivity contribution in [3.8, 4) is 0 Å². The van der Waals surface area contributed by atoms with E-state index in [1.165, 1.54) is 32.1 Å². The summed E-state index contributed by atoms with van der Waals surface area (Å²) in [6.45, 7) is 5.86. The molecule has 0 atom stereocenters. The molecule has 1 saturated carbocycles. The van der Waals surface area contributed by atoms with E-state index < -0.39 is 0 Å². The van der Waals surface area contributed by atoms with Crippen LogP contribution in [0.4, 0.5) is 0 Å². The summed E-state index contributed by atoms with van der Waals surface area (Å²) < 4.78 is 0. The Balaban J connectivity index is 0.00000242. The number of rotatable bonds is 6.